The van der Waals surface area contributed by atoms with Gasteiger partial charge < -0.3 is 19.6 Å². The number of Topliss-reactive ketones (excluding diaryl/α,β-unsaturated/α-hetero) is 1. The van der Waals surface area contributed by atoms with Gasteiger partial charge in [0.15, 0.2) is 22.8 Å². The Labute approximate surface area is 208 Å². The number of imidazole rings is 1. The highest BCUT2D eigenvalue weighted by Crippen LogP contribution is 2.29. The van der Waals surface area contributed by atoms with Gasteiger partial charge in [0.25, 0.3) is 5.56 Å². The van der Waals surface area contributed by atoms with Crippen LogP contribution in [0.2, 0.25) is 0 Å². The van der Waals surface area contributed by atoms with Gasteiger partial charge in [-0.05, 0) is 38.0 Å². The number of hydrogen-bond donors (Lipinski definition) is 2. The third-order valence-electron chi connectivity index (χ3n) is 6.26. The maximum absolute atomic E-state index is 13.0. The van der Waals surface area contributed by atoms with Crippen molar-refractivity contribution >= 4 is 11.3 Å². The number of hydrogen-bond acceptors (Lipinski definition) is 7. The van der Waals surface area contributed by atoms with Crippen LogP contribution in [0.15, 0.2) is 53.3 Å². The van der Waals surface area contributed by atoms with E-state index < -0.39 is 12.0 Å². The molecule has 9 heteroatoms. The molecule has 9 nitrogen and oxygen atoms in total. The van der Waals surface area contributed by atoms with Gasteiger partial charge in [-0.1, -0.05) is 36.4 Å². The van der Waals surface area contributed by atoms with Gasteiger partial charge in [-0.25, -0.2) is 9.50 Å². The van der Waals surface area contributed by atoms with Gasteiger partial charge >= 0.3 is 0 Å². The van der Waals surface area contributed by atoms with Crippen LogP contribution in [0, 0.1) is 6.92 Å². The number of carbonyl (C=O) groups is 1. The fourth-order valence-corrected chi connectivity index (χ4v) is 4.38. The third kappa shape index (κ3) is 5.16. The molecule has 0 spiro atoms. The van der Waals surface area contributed by atoms with Crippen LogP contribution in [0.25, 0.3) is 5.52 Å². The second kappa shape index (κ2) is 10.7. The molecule has 0 aliphatic heterocycles. The number of nitrogens with zero attached hydrogens (tertiary/aromatic N) is 3. The lowest BCUT2D eigenvalue weighted by molar-refractivity contribution is 0.0960. The quantitative estimate of drug-likeness (QED) is 0.327. The number of carbonyl (C=O) groups excluding carboxylic acids is 1. The summed E-state index contributed by atoms with van der Waals surface area (Å²) in [6.45, 7) is 3.39. The van der Waals surface area contributed by atoms with E-state index in [1.54, 1.807) is 46.3 Å². The zero-order valence-corrected chi connectivity index (χ0v) is 20.8. The molecule has 0 aliphatic carbocycles. The van der Waals surface area contributed by atoms with Crippen molar-refractivity contribution in [3.63, 3.8) is 0 Å². The monoisotopic (exact) mass is 490 g/mol. The number of ketones is 1. The molecule has 0 amide bonds. The number of aromatic nitrogens is 4. The van der Waals surface area contributed by atoms with E-state index in [1.807, 2.05) is 30.3 Å². The number of fused-ring (bicyclic) bond motifs is 1. The molecule has 0 radical (unpaired) electrons. The number of rotatable bonds is 10. The average molecular weight is 491 g/mol. The minimum Gasteiger partial charge on any atom is -0.493 e. The van der Waals surface area contributed by atoms with Gasteiger partial charge in [0, 0.05) is 24.3 Å². The van der Waals surface area contributed by atoms with E-state index in [0.29, 0.717) is 52.8 Å². The molecule has 4 rings (SSSR count). The van der Waals surface area contributed by atoms with Crippen LogP contribution in [-0.4, -0.2) is 50.8 Å². The molecule has 36 heavy (non-hydrogen) atoms. The molecule has 0 unspecified atom stereocenters. The lowest BCUT2D eigenvalue weighted by Gasteiger charge is -2.18. The van der Waals surface area contributed by atoms with Gasteiger partial charge in [-0.15, -0.1) is 0 Å². The molecule has 0 saturated heterocycles. The summed E-state index contributed by atoms with van der Waals surface area (Å²) in [5.74, 6) is 1.58. The van der Waals surface area contributed by atoms with E-state index >= 15 is 0 Å². The number of aryl methyl sites for hydroxylation is 1. The van der Waals surface area contributed by atoms with E-state index in [-0.39, 0.29) is 17.8 Å². The summed E-state index contributed by atoms with van der Waals surface area (Å²) in [7, 11) is 3.13. The number of aliphatic hydroxyl groups excluding tert-OH is 1. The van der Waals surface area contributed by atoms with Crippen molar-refractivity contribution in [3.8, 4) is 11.5 Å². The summed E-state index contributed by atoms with van der Waals surface area (Å²) < 4.78 is 12.2. The molecule has 188 valence electrons. The Kier molecular flexibility index (Phi) is 7.49. The zero-order valence-electron chi connectivity index (χ0n) is 20.8. The van der Waals surface area contributed by atoms with Crippen LogP contribution in [0.3, 0.4) is 0 Å². The molecular formula is C27H30N4O5. The number of aliphatic hydroxyl groups is 1. The average Bonchev–Trinajstić information content (AvgIpc) is 3.20. The van der Waals surface area contributed by atoms with Gasteiger partial charge in [-0.2, -0.15) is 5.10 Å². The van der Waals surface area contributed by atoms with Crippen LogP contribution in [-0.2, 0) is 6.42 Å². The first kappa shape index (κ1) is 25.1. The fourth-order valence-electron chi connectivity index (χ4n) is 4.38. The Morgan fingerprint density at radius 1 is 1.11 bits per heavy atom. The van der Waals surface area contributed by atoms with Crippen molar-refractivity contribution in [1.82, 2.24) is 19.6 Å². The molecular weight excluding hydrogens is 460 g/mol. The summed E-state index contributed by atoms with van der Waals surface area (Å²) in [4.78, 5) is 33.1. The molecule has 2 atom stereocenters. The Hall–Kier alpha value is -3.98. The van der Waals surface area contributed by atoms with Crippen molar-refractivity contribution in [1.29, 1.82) is 0 Å². The summed E-state index contributed by atoms with van der Waals surface area (Å²) >= 11 is 0. The summed E-state index contributed by atoms with van der Waals surface area (Å²) in [6, 6.07) is 14.5. The SMILES string of the molecule is COc1ccc(Cc2nn3c([C@@H](CCC(=O)c4ccccc4)[C@H](C)O)nc(C)c3c(=O)[nH]2)cc1OC. The number of aromatic amines is 1. The molecule has 2 aromatic heterocycles. The second-order valence-corrected chi connectivity index (χ2v) is 8.76. The van der Waals surface area contributed by atoms with Crippen LogP contribution >= 0.6 is 0 Å². The van der Waals surface area contributed by atoms with E-state index in [4.69, 9.17) is 9.47 Å². The van der Waals surface area contributed by atoms with E-state index in [0.717, 1.165) is 5.56 Å². The first-order valence-electron chi connectivity index (χ1n) is 11.8. The molecule has 2 heterocycles. The summed E-state index contributed by atoms with van der Waals surface area (Å²) in [5.41, 5.74) is 2.01. The van der Waals surface area contributed by atoms with Crippen LogP contribution in [0.5, 0.6) is 11.5 Å². The Morgan fingerprint density at radius 3 is 2.50 bits per heavy atom. The Bertz CT molecular complexity index is 1430. The minimum absolute atomic E-state index is 0.0150. The number of methoxy groups -OCH3 is 2. The van der Waals surface area contributed by atoms with Gasteiger partial charge in [0.1, 0.15) is 11.6 Å². The normalized spacial score (nSPS) is 12.9. The van der Waals surface area contributed by atoms with Crippen LogP contribution in [0.4, 0.5) is 0 Å². The van der Waals surface area contributed by atoms with Gasteiger partial charge in [0.05, 0.1) is 26.0 Å². The van der Waals surface area contributed by atoms with Crippen molar-refractivity contribution < 1.29 is 19.4 Å². The number of H-pyrrole nitrogens is 1. The van der Waals surface area contributed by atoms with Crippen molar-refractivity contribution in [2.75, 3.05) is 14.2 Å². The standard InChI is InChI=1S/C27H30N4O5/c1-16-25-27(34)29-24(15-18-10-13-22(35-3)23(14-18)36-4)30-31(25)26(28-16)20(17(2)32)11-12-21(33)19-8-6-5-7-9-19/h5-10,13-14,17,20,32H,11-12,15H2,1-4H3,(H,29,30,34)/t17-,20-/m0/s1. The number of benzene rings is 2. The molecule has 4 aromatic rings. The largest absolute Gasteiger partial charge is 0.493 e. The van der Waals surface area contributed by atoms with Crippen molar-refractivity contribution in [3.05, 3.63) is 87.4 Å². The highest BCUT2D eigenvalue weighted by Gasteiger charge is 2.26. The lowest BCUT2D eigenvalue weighted by atomic mass is 9.94. The predicted molar refractivity (Wildman–Crippen MR) is 135 cm³/mol. The molecule has 0 bridgehead atoms. The number of nitrogens with one attached hydrogen (secondary N) is 1. The maximum Gasteiger partial charge on any atom is 0.277 e. The molecule has 0 fully saturated rings. The van der Waals surface area contributed by atoms with Crippen LogP contribution in [0.1, 0.15) is 58.9 Å². The van der Waals surface area contributed by atoms with E-state index in [9.17, 15) is 14.7 Å². The highest BCUT2D eigenvalue weighted by atomic mass is 16.5. The van der Waals surface area contributed by atoms with E-state index in [2.05, 4.69) is 15.1 Å². The Balaban J connectivity index is 1.67. The third-order valence-corrected chi connectivity index (χ3v) is 6.26. The second-order valence-electron chi connectivity index (χ2n) is 8.76. The van der Waals surface area contributed by atoms with Crippen molar-refractivity contribution in [2.24, 2.45) is 0 Å². The maximum atomic E-state index is 13.0. The van der Waals surface area contributed by atoms with Gasteiger partial charge in [-0.3, -0.25) is 9.59 Å². The molecule has 0 saturated carbocycles. The zero-order chi connectivity index (χ0) is 25.8. The first-order valence-corrected chi connectivity index (χ1v) is 11.8. The topological polar surface area (TPSA) is 119 Å². The fraction of sp³-hybridized carbons (Fsp3) is 0.333. The lowest BCUT2D eigenvalue weighted by Crippen LogP contribution is -2.22. The minimum atomic E-state index is -0.797. The van der Waals surface area contributed by atoms with E-state index in [1.165, 1.54) is 4.52 Å². The highest BCUT2D eigenvalue weighted by molar-refractivity contribution is 5.96. The Morgan fingerprint density at radius 2 is 1.83 bits per heavy atom. The van der Waals surface area contributed by atoms with Gasteiger partial charge in [0.2, 0.25) is 0 Å². The van der Waals surface area contributed by atoms with Crippen LogP contribution < -0.4 is 15.0 Å². The molecule has 2 N–H and O–H groups in total. The summed E-state index contributed by atoms with van der Waals surface area (Å²) in [6.07, 6.45) is 0.140. The number of ether oxygens (including phenoxy) is 2. The summed E-state index contributed by atoms with van der Waals surface area (Å²) in [5, 5.41) is 15.3. The predicted octanol–water partition coefficient (Wildman–Crippen LogP) is 3.46. The first-order chi connectivity index (χ1) is 17.3. The molecule has 0 aliphatic rings. The molecule has 2 aromatic carbocycles. The van der Waals surface area contributed by atoms with Crippen molar-refractivity contribution in [2.45, 2.75) is 45.1 Å². The smallest absolute Gasteiger partial charge is 0.277 e.